The van der Waals surface area contributed by atoms with Crippen LogP contribution in [0, 0.1) is 17.8 Å². The Kier molecular flexibility index (Phi) is 8.89. The number of hydroxylamine groups is 1. The molecule has 3 amide bonds. The van der Waals surface area contributed by atoms with Crippen molar-refractivity contribution in [3.63, 3.8) is 0 Å². The molecule has 0 fully saturated rings. The molecule has 2 rings (SSSR count). The Morgan fingerprint density at radius 2 is 1.81 bits per heavy atom. The highest BCUT2D eigenvalue weighted by molar-refractivity contribution is 8.01. The van der Waals surface area contributed by atoms with E-state index in [0.29, 0.717) is 6.42 Å². The molecule has 2 aromatic rings. The number of likely N-dealkylation sites (N-methyl/N-ethyl adjacent to an activating group) is 1. The van der Waals surface area contributed by atoms with Crippen molar-refractivity contribution in [3.8, 4) is 0 Å². The molecule has 0 bridgehead atoms. The Hall–Kier alpha value is -2.36. The molecular formula is C23H31N3O4S2. The summed E-state index contributed by atoms with van der Waals surface area (Å²) in [6.07, 6.45) is 0.400. The summed E-state index contributed by atoms with van der Waals surface area (Å²) in [6.45, 7) is 1.09. The van der Waals surface area contributed by atoms with E-state index in [1.807, 2.05) is 42.7 Å². The van der Waals surface area contributed by atoms with E-state index >= 15 is 0 Å². The standard InChI is InChI=1S/C23H31N3O4S2/c1-15(2)12-17(18(22(28)26-30)14-32-20-10-7-11-31-20)21(27)25-19(23(29)24-3)13-16-8-5-4-6-9-16/h4-11,15,17-19,30H,12-14H2,1-3H3,(H,24,29)(H,25,27)(H,26,28)/t17-,18+,19+/m1/s1/i3D3. The minimum atomic E-state index is -2.72. The molecule has 1 heterocycles. The van der Waals surface area contributed by atoms with E-state index in [2.05, 4.69) is 5.32 Å². The van der Waals surface area contributed by atoms with Crippen LogP contribution in [0.5, 0.6) is 0 Å². The van der Waals surface area contributed by atoms with Gasteiger partial charge < -0.3 is 10.6 Å². The van der Waals surface area contributed by atoms with Gasteiger partial charge in [-0.3, -0.25) is 19.6 Å². The Balaban J connectivity index is 2.29. The van der Waals surface area contributed by atoms with Gasteiger partial charge in [0.05, 0.1) is 16.0 Å². The quantitative estimate of drug-likeness (QED) is 0.212. The average Bonchev–Trinajstić information content (AvgIpc) is 3.30. The SMILES string of the molecule is [2H]C([2H])([2H])NC(=O)[C@H](Cc1ccccc1)NC(=O)[C@H](CC(C)C)[C@H](CSc1cccs1)C(=O)NO. The third-order valence-corrected chi connectivity index (χ3v) is 7.18. The predicted molar refractivity (Wildman–Crippen MR) is 128 cm³/mol. The molecule has 0 unspecified atom stereocenters. The maximum Gasteiger partial charge on any atom is 0.248 e. The lowest BCUT2D eigenvalue weighted by molar-refractivity contribution is -0.140. The van der Waals surface area contributed by atoms with Gasteiger partial charge in [0.25, 0.3) is 0 Å². The highest BCUT2D eigenvalue weighted by atomic mass is 32.2. The van der Waals surface area contributed by atoms with E-state index in [0.717, 1.165) is 9.77 Å². The number of thiophene rings is 1. The zero-order chi connectivity index (χ0) is 26.0. The van der Waals surface area contributed by atoms with Crippen LogP contribution in [-0.2, 0) is 20.8 Å². The van der Waals surface area contributed by atoms with Crippen molar-refractivity contribution in [2.24, 2.45) is 17.8 Å². The number of hydrogen-bond donors (Lipinski definition) is 4. The van der Waals surface area contributed by atoms with Crippen LogP contribution in [-0.4, -0.2) is 41.7 Å². The Morgan fingerprint density at radius 3 is 2.41 bits per heavy atom. The van der Waals surface area contributed by atoms with E-state index in [9.17, 15) is 19.6 Å². The molecule has 0 aliphatic heterocycles. The third kappa shape index (κ3) is 7.96. The lowest BCUT2D eigenvalue weighted by Crippen LogP contribution is -2.51. The number of rotatable bonds is 12. The fourth-order valence-electron chi connectivity index (χ4n) is 3.36. The number of thioether (sulfide) groups is 1. The summed E-state index contributed by atoms with van der Waals surface area (Å²) in [6, 6.07) is 11.5. The van der Waals surface area contributed by atoms with Crippen molar-refractivity contribution in [1.82, 2.24) is 16.1 Å². The molecule has 0 radical (unpaired) electrons. The molecule has 32 heavy (non-hydrogen) atoms. The van der Waals surface area contributed by atoms with Crippen LogP contribution < -0.4 is 16.1 Å². The van der Waals surface area contributed by atoms with E-state index in [1.165, 1.54) is 23.1 Å². The van der Waals surface area contributed by atoms with Gasteiger partial charge in [0.15, 0.2) is 0 Å². The third-order valence-electron chi connectivity index (χ3n) is 4.93. The van der Waals surface area contributed by atoms with Crippen LogP contribution in [0.15, 0.2) is 52.1 Å². The molecule has 1 aromatic heterocycles. The Bertz CT molecular complexity index is 957. The summed E-state index contributed by atoms with van der Waals surface area (Å²) in [7, 11) is 0. The summed E-state index contributed by atoms with van der Waals surface area (Å²) in [4.78, 5) is 38.8. The lowest BCUT2D eigenvalue weighted by atomic mass is 9.84. The van der Waals surface area contributed by atoms with Gasteiger partial charge in [-0.15, -0.1) is 23.1 Å². The van der Waals surface area contributed by atoms with Crippen molar-refractivity contribution in [1.29, 1.82) is 0 Å². The molecule has 3 atom stereocenters. The summed E-state index contributed by atoms with van der Waals surface area (Å²) in [5.74, 6) is -3.55. The topological polar surface area (TPSA) is 108 Å². The van der Waals surface area contributed by atoms with Gasteiger partial charge in [-0.1, -0.05) is 50.2 Å². The molecule has 0 aliphatic carbocycles. The summed E-state index contributed by atoms with van der Waals surface area (Å²) in [5, 5.41) is 15.9. The van der Waals surface area contributed by atoms with Gasteiger partial charge >= 0.3 is 0 Å². The summed E-state index contributed by atoms with van der Waals surface area (Å²) >= 11 is 2.90. The molecule has 4 N–H and O–H groups in total. The second-order valence-corrected chi connectivity index (χ2v) is 10.1. The molecule has 0 saturated heterocycles. The molecule has 174 valence electrons. The first-order valence-electron chi connectivity index (χ1n) is 11.8. The minimum absolute atomic E-state index is 0.0373. The summed E-state index contributed by atoms with van der Waals surface area (Å²) in [5.41, 5.74) is 2.40. The van der Waals surface area contributed by atoms with Gasteiger partial charge in [-0.2, -0.15) is 0 Å². The fraction of sp³-hybridized carbons (Fsp3) is 0.435. The van der Waals surface area contributed by atoms with Crippen molar-refractivity contribution in [2.75, 3.05) is 12.7 Å². The maximum atomic E-state index is 13.5. The largest absolute Gasteiger partial charge is 0.357 e. The monoisotopic (exact) mass is 480 g/mol. The lowest BCUT2D eigenvalue weighted by Gasteiger charge is -2.28. The van der Waals surface area contributed by atoms with Crippen molar-refractivity contribution in [2.45, 2.75) is 36.9 Å². The van der Waals surface area contributed by atoms with Crippen LogP contribution in [0.25, 0.3) is 0 Å². The van der Waals surface area contributed by atoms with E-state index in [1.54, 1.807) is 29.7 Å². The number of carbonyl (C=O) groups excluding carboxylic acids is 3. The van der Waals surface area contributed by atoms with E-state index < -0.39 is 42.6 Å². The zero-order valence-electron chi connectivity index (χ0n) is 21.0. The molecular weight excluding hydrogens is 446 g/mol. The van der Waals surface area contributed by atoms with Gasteiger partial charge in [-0.05, 0) is 29.3 Å². The second-order valence-electron chi connectivity index (χ2n) is 7.80. The molecule has 1 aromatic carbocycles. The minimum Gasteiger partial charge on any atom is -0.357 e. The number of amides is 3. The highest BCUT2D eigenvalue weighted by Gasteiger charge is 2.36. The fourth-order valence-corrected chi connectivity index (χ4v) is 5.36. The van der Waals surface area contributed by atoms with Gasteiger partial charge in [0.1, 0.15) is 6.04 Å². The van der Waals surface area contributed by atoms with Gasteiger partial charge in [0, 0.05) is 23.3 Å². The zero-order valence-corrected chi connectivity index (χ0v) is 19.7. The number of hydrogen-bond acceptors (Lipinski definition) is 6. The normalized spacial score (nSPS) is 15.6. The van der Waals surface area contributed by atoms with E-state index in [-0.39, 0.29) is 18.1 Å². The number of nitrogens with one attached hydrogen (secondary N) is 3. The van der Waals surface area contributed by atoms with E-state index in [4.69, 9.17) is 4.11 Å². The first-order valence-corrected chi connectivity index (χ1v) is 12.1. The smallest absolute Gasteiger partial charge is 0.248 e. The first kappa shape index (κ1) is 21.5. The molecule has 7 nitrogen and oxygen atoms in total. The maximum absolute atomic E-state index is 13.5. The van der Waals surface area contributed by atoms with Crippen LogP contribution in [0.1, 0.15) is 29.9 Å². The molecule has 0 saturated carbocycles. The highest BCUT2D eigenvalue weighted by Crippen LogP contribution is 2.31. The number of benzene rings is 1. The van der Waals surface area contributed by atoms with Crippen molar-refractivity contribution in [3.05, 3.63) is 53.4 Å². The first-order chi connectivity index (χ1) is 16.5. The Labute approximate surface area is 201 Å². The molecule has 0 spiro atoms. The van der Waals surface area contributed by atoms with Crippen LogP contribution >= 0.6 is 23.1 Å². The van der Waals surface area contributed by atoms with Crippen LogP contribution in [0.4, 0.5) is 0 Å². The number of carbonyl (C=O) groups is 3. The average molecular weight is 481 g/mol. The van der Waals surface area contributed by atoms with Crippen LogP contribution in [0.3, 0.4) is 0 Å². The summed E-state index contributed by atoms with van der Waals surface area (Å²) < 4.78 is 23.1. The predicted octanol–water partition coefficient (Wildman–Crippen LogP) is 3.10. The van der Waals surface area contributed by atoms with Gasteiger partial charge in [-0.25, -0.2) is 5.48 Å². The van der Waals surface area contributed by atoms with Crippen molar-refractivity contribution < 1.29 is 23.7 Å². The van der Waals surface area contributed by atoms with Crippen molar-refractivity contribution >= 4 is 40.8 Å². The van der Waals surface area contributed by atoms with Gasteiger partial charge in [0.2, 0.25) is 17.7 Å². The second kappa shape index (κ2) is 13.2. The Morgan fingerprint density at radius 1 is 1.06 bits per heavy atom. The molecule has 9 heteroatoms. The van der Waals surface area contributed by atoms with Crippen LogP contribution in [0.2, 0.25) is 0 Å². The molecule has 0 aliphatic rings.